The lowest BCUT2D eigenvalue weighted by molar-refractivity contribution is 0.0833. The van der Waals surface area contributed by atoms with Crippen LogP contribution in [0.2, 0.25) is 0 Å². The van der Waals surface area contributed by atoms with Crippen LogP contribution in [0.3, 0.4) is 0 Å². The highest BCUT2D eigenvalue weighted by Crippen LogP contribution is 2.37. The van der Waals surface area contributed by atoms with Crippen molar-refractivity contribution in [3.63, 3.8) is 0 Å². The molecule has 1 amide bonds. The van der Waals surface area contributed by atoms with Crippen molar-refractivity contribution < 1.29 is 16.0 Å². The van der Waals surface area contributed by atoms with Crippen molar-refractivity contribution in [3.8, 4) is 0 Å². The van der Waals surface area contributed by atoms with E-state index in [9.17, 15) is 13.2 Å². The van der Waals surface area contributed by atoms with Crippen molar-refractivity contribution in [1.29, 1.82) is 0 Å². The van der Waals surface area contributed by atoms with Crippen LogP contribution in [0, 0.1) is 0 Å². The lowest BCUT2D eigenvalue weighted by atomic mass is 10.1. The molecule has 1 aromatic carbocycles. The van der Waals surface area contributed by atoms with Crippen molar-refractivity contribution >= 4 is 27.6 Å². The number of carbonyl (C=O) groups excluding carboxylic acids is 1. The van der Waals surface area contributed by atoms with E-state index < -0.39 is 28.0 Å². The Morgan fingerprint density at radius 1 is 1.34 bits per heavy atom. The Morgan fingerprint density at radius 2 is 2.14 bits per heavy atom. The first-order chi connectivity index (χ1) is 14.5. The van der Waals surface area contributed by atoms with E-state index in [0.29, 0.717) is 18.8 Å². The Labute approximate surface area is 171 Å². The maximum Gasteiger partial charge on any atom is 0.263 e. The van der Waals surface area contributed by atoms with Crippen molar-refractivity contribution in [2.24, 2.45) is 12.0 Å². The smallest absolute Gasteiger partial charge is 0.263 e. The second-order valence-corrected chi connectivity index (χ2v) is 9.52. The third-order valence-corrected chi connectivity index (χ3v) is 6.98. The Morgan fingerprint density at radius 3 is 2.83 bits per heavy atom. The number of anilines is 1. The van der Waals surface area contributed by atoms with Crippen LogP contribution in [-0.4, -0.2) is 53.6 Å². The van der Waals surface area contributed by atoms with Crippen LogP contribution in [0.5, 0.6) is 0 Å². The van der Waals surface area contributed by atoms with Crippen LogP contribution in [-0.2, 0) is 23.6 Å². The molecule has 152 valence electrons. The van der Waals surface area contributed by atoms with Crippen molar-refractivity contribution in [2.75, 3.05) is 18.0 Å². The lowest BCUT2D eigenvalue weighted by Crippen LogP contribution is -2.49. The number of nitrogens with one attached hydrogen (secondary N) is 1. The Kier molecular flexibility index (Phi) is 3.41. The van der Waals surface area contributed by atoms with E-state index >= 15 is 0 Å². The van der Waals surface area contributed by atoms with Gasteiger partial charge in [-0.2, -0.15) is 5.10 Å². The molecule has 10 heteroatoms. The Bertz CT molecular complexity index is 1240. The summed E-state index contributed by atoms with van der Waals surface area (Å²) in [7, 11) is -2.15. The molecule has 9 nitrogen and oxygen atoms in total. The summed E-state index contributed by atoms with van der Waals surface area (Å²) in [4.78, 5) is 20.6. The Balaban J connectivity index is 1.60. The summed E-state index contributed by atoms with van der Waals surface area (Å²) in [5, 5.41) is 4.02. The van der Waals surface area contributed by atoms with Gasteiger partial charge in [-0.3, -0.25) is 19.4 Å². The first-order valence-corrected chi connectivity index (χ1v) is 10.8. The molecule has 3 aliphatic rings. The fourth-order valence-corrected chi connectivity index (χ4v) is 5.03. The third-order valence-electron chi connectivity index (χ3n) is 5.35. The molecule has 2 aromatic rings. The highest BCUT2D eigenvalue weighted by molar-refractivity contribution is 7.89. The second-order valence-electron chi connectivity index (χ2n) is 7.83. The largest absolute Gasteiger partial charge is 0.310 e. The SMILES string of the molecule is [2H]C([2H])(c1cnn(C)c1)N1C(=O)c2cc(S(=O)(=O)NC3(C)CC3)ccc2N2CCN=C21. The number of guanidine groups is 1. The first-order valence-electron chi connectivity index (χ1n) is 10.4. The van der Waals surface area contributed by atoms with Gasteiger partial charge in [-0.05, 0) is 38.0 Å². The number of sulfonamides is 1. The average Bonchev–Trinajstić information content (AvgIpc) is 3.09. The van der Waals surface area contributed by atoms with Crippen LogP contribution in [0.25, 0.3) is 0 Å². The zero-order valence-corrected chi connectivity index (χ0v) is 16.9. The molecule has 29 heavy (non-hydrogen) atoms. The van der Waals surface area contributed by atoms with Crippen molar-refractivity contribution in [1.82, 2.24) is 19.4 Å². The molecular formula is C19H22N6O3S. The van der Waals surface area contributed by atoms with Gasteiger partial charge in [0.25, 0.3) is 5.91 Å². The summed E-state index contributed by atoms with van der Waals surface area (Å²) in [6.45, 7) is 0.490. The molecule has 0 saturated heterocycles. The number of aryl methyl sites for hydroxylation is 1. The predicted octanol–water partition coefficient (Wildman–Crippen LogP) is 1.08. The van der Waals surface area contributed by atoms with Crippen LogP contribution in [0.4, 0.5) is 5.69 Å². The maximum absolute atomic E-state index is 13.5. The molecule has 2 aliphatic heterocycles. The minimum atomic E-state index is -3.81. The summed E-state index contributed by atoms with van der Waals surface area (Å²) >= 11 is 0. The normalized spacial score (nSPS) is 21.3. The fraction of sp³-hybridized carbons (Fsp3) is 0.421. The fourth-order valence-electron chi connectivity index (χ4n) is 3.54. The van der Waals surface area contributed by atoms with Crippen LogP contribution in [0.1, 0.15) is 38.4 Å². The number of hydrogen-bond acceptors (Lipinski definition) is 6. The topological polar surface area (TPSA) is 99.9 Å². The summed E-state index contributed by atoms with van der Waals surface area (Å²) in [6, 6.07) is 4.39. The number of amides is 1. The lowest BCUT2D eigenvalue weighted by Gasteiger charge is -2.35. The number of hydrogen-bond donors (Lipinski definition) is 1. The van der Waals surface area contributed by atoms with Gasteiger partial charge >= 0.3 is 0 Å². The third kappa shape index (κ3) is 3.12. The van der Waals surface area contributed by atoms with Crippen LogP contribution in [0.15, 0.2) is 40.5 Å². The molecule has 0 atom stereocenters. The number of rotatable bonds is 5. The summed E-state index contributed by atoms with van der Waals surface area (Å²) < 4.78 is 47.2. The van der Waals surface area contributed by atoms with Gasteiger partial charge < -0.3 is 4.90 Å². The summed E-state index contributed by atoms with van der Waals surface area (Å²) in [5.74, 6) is -0.430. The number of fused-ring (bicyclic) bond motifs is 3. The number of benzene rings is 1. The van der Waals surface area contributed by atoms with Gasteiger partial charge in [-0.25, -0.2) is 13.1 Å². The monoisotopic (exact) mass is 416 g/mol. The minimum absolute atomic E-state index is 0.0193. The van der Waals surface area contributed by atoms with Gasteiger partial charge in [0.2, 0.25) is 16.0 Å². The minimum Gasteiger partial charge on any atom is -0.310 e. The van der Waals surface area contributed by atoms with E-state index in [1.54, 1.807) is 18.0 Å². The number of aromatic nitrogens is 2. The molecule has 3 heterocycles. The molecule has 1 fully saturated rings. The van der Waals surface area contributed by atoms with Crippen LogP contribution >= 0.6 is 0 Å². The van der Waals surface area contributed by atoms with Gasteiger partial charge in [0.15, 0.2) is 0 Å². The van der Waals surface area contributed by atoms with E-state index in [2.05, 4.69) is 14.8 Å². The molecular weight excluding hydrogens is 392 g/mol. The molecule has 0 bridgehead atoms. The first kappa shape index (κ1) is 16.1. The van der Waals surface area contributed by atoms with Crippen LogP contribution < -0.4 is 9.62 Å². The van der Waals surface area contributed by atoms with Gasteiger partial charge in [-0.1, -0.05) is 0 Å². The van der Waals surface area contributed by atoms with Gasteiger partial charge in [0, 0.05) is 30.9 Å². The highest BCUT2D eigenvalue weighted by Gasteiger charge is 2.42. The predicted molar refractivity (Wildman–Crippen MR) is 107 cm³/mol. The molecule has 1 aromatic heterocycles. The zero-order valence-electron chi connectivity index (χ0n) is 18.1. The molecule has 0 radical (unpaired) electrons. The van der Waals surface area contributed by atoms with E-state index in [1.165, 1.54) is 29.2 Å². The second kappa shape index (κ2) is 6.14. The molecule has 0 spiro atoms. The van der Waals surface area contributed by atoms with Crippen molar-refractivity contribution in [3.05, 3.63) is 41.7 Å². The zero-order chi connectivity index (χ0) is 22.2. The Hall–Kier alpha value is -2.72. The molecule has 0 unspecified atom stereocenters. The maximum atomic E-state index is 13.5. The number of nitrogens with zero attached hydrogens (tertiary/aromatic N) is 5. The molecule has 5 rings (SSSR count). The highest BCUT2D eigenvalue weighted by atomic mass is 32.2. The molecule has 1 saturated carbocycles. The molecule has 1 N–H and O–H groups in total. The van der Waals surface area contributed by atoms with Gasteiger partial charge in [0.05, 0.1) is 38.1 Å². The standard InChI is InChI=1S/C19H22N6O3S/c1-19(5-6-19)22-29(27,28)14-3-4-16-15(9-14)17(26)25(18-20-7-8-24(16)18)12-13-10-21-23(2)11-13/h3-4,9-11,22H,5-8,12H2,1-2H3/i12D2. The number of aliphatic imine (C=N–C) groups is 1. The van der Waals surface area contributed by atoms with E-state index in [0.717, 1.165) is 17.7 Å². The summed E-state index contributed by atoms with van der Waals surface area (Å²) in [6.07, 6.45) is 4.40. The van der Waals surface area contributed by atoms with E-state index in [4.69, 9.17) is 2.74 Å². The van der Waals surface area contributed by atoms with Gasteiger partial charge in [0.1, 0.15) is 0 Å². The van der Waals surface area contributed by atoms with E-state index in [-0.39, 0.29) is 22.0 Å². The summed E-state index contributed by atoms with van der Waals surface area (Å²) in [5.41, 5.74) is 0.402. The van der Waals surface area contributed by atoms with Crippen molar-refractivity contribution in [2.45, 2.75) is 36.7 Å². The quantitative estimate of drug-likeness (QED) is 0.786. The van der Waals surface area contributed by atoms with Gasteiger partial charge in [-0.15, -0.1) is 0 Å². The average molecular weight is 417 g/mol. The van der Waals surface area contributed by atoms with E-state index in [1.807, 2.05) is 6.92 Å². The molecule has 1 aliphatic carbocycles. The number of carbonyl (C=O) groups is 1.